The van der Waals surface area contributed by atoms with E-state index in [-0.39, 0.29) is 30.7 Å². The molecule has 1 fully saturated rings. The first-order chi connectivity index (χ1) is 13.3. The van der Waals surface area contributed by atoms with E-state index in [0.29, 0.717) is 30.0 Å². The van der Waals surface area contributed by atoms with Crippen LogP contribution in [0.3, 0.4) is 0 Å². The van der Waals surface area contributed by atoms with E-state index in [4.69, 9.17) is 4.42 Å². The molecule has 0 aliphatic carbocycles. The van der Waals surface area contributed by atoms with E-state index in [9.17, 15) is 17.6 Å². The Bertz CT molecular complexity index is 926. The summed E-state index contributed by atoms with van der Waals surface area (Å²) in [5.74, 6) is 0.682. The molecule has 3 rings (SSSR count). The van der Waals surface area contributed by atoms with Gasteiger partial charge in [0.1, 0.15) is 17.3 Å². The molecule has 1 aromatic heterocycles. The van der Waals surface area contributed by atoms with Crippen LogP contribution in [0.4, 0.5) is 4.39 Å². The number of hydrogen-bond donors (Lipinski definition) is 1. The fourth-order valence-electron chi connectivity index (χ4n) is 3.48. The molecular weight excluding hydrogens is 383 g/mol. The van der Waals surface area contributed by atoms with Crippen molar-refractivity contribution in [2.45, 2.75) is 38.1 Å². The van der Waals surface area contributed by atoms with Gasteiger partial charge in [0.15, 0.2) is 0 Å². The van der Waals surface area contributed by atoms with E-state index >= 15 is 0 Å². The Balaban J connectivity index is 1.59. The van der Waals surface area contributed by atoms with Crippen LogP contribution in [0.15, 0.2) is 40.8 Å². The number of rotatable bonds is 7. The number of piperidine rings is 1. The summed E-state index contributed by atoms with van der Waals surface area (Å²) in [5, 5.41) is 0. The van der Waals surface area contributed by atoms with E-state index in [1.54, 1.807) is 35.2 Å². The molecular formula is C20H25FN2O4S. The Morgan fingerprint density at radius 2 is 2.04 bits per heavy atom. The molecule has 1 aromatic carbocycles. The van der Waals surface area contributed by atoms with Crippen molar-refractivity contribution in [3.63, 3.8) is 0 Å². The highest BCUT2D eigenvalue weighted by Crippen LogP contribution is 2.25. The summed E-state index contributed by atoms with van der Waals surface area (Å²) in [5.41, 5.74) is 0.392. The molecule has 0 spiro atoms. The van der Waals surface area contributed by atoms with Crippen LogP contribution in [0.5, 0.6) is 0 Å². The van der Waals surface area contributed by atoms with Crippen molar-refractivity contribution in [1.82, 2.24) is 9.62 Å². The smallest absolute Gasteiger partial charge is 0.223 e. The molecule has 1 aliphatic heterocycles. The van der Waals surface area contributed by atoms with Crippen LogP contribution in [0.2, 0.25) is 0 Å². The number of hydrogen-bond acceptors (Lipinski definition) is 4. The number of likely N-dealkylation sites (tertiary alicyclic amines) is 1. The summed E-state index contributed by atoms with van der Waals surface area (Å²) < 4.78 is 44.8. The Kier molecular flexibility index (Phi) is 6.51. The van der Waals surface area contributed by atoms with Crippen molar-refractivity contribution in [3.05, 3.63) is 48.0 Å². The van der Waals surface area contributed by atoms with Gasteiger partial charge in [-0.1, -0.05) is 12.1 Å². The van der Waals surface area contributed by atoms with E-state index in [2.05, 4.69) is 4.72 Å². The molecule has 152 valence electrons. The molecule has 1 atom stereocenters. The number of furan rings is 1. The lowest BCUT2D eigenvalue weighted by molar-refractivity contribution is -0.134. The van der Waals surface area contributed by atoms with Crippen molar-refractivity contribution in [3.8, 4) is 11.3 Å². The Hall–Kier alpha value is -2.19. The molecule has 0 bridgehead atoms. The summed E-state index contributed by atoms with van der Waals surface area (Å²) in [6.07, 6.45) is 4.47. The number of nitrogens with zero attached hydrogens (tertiary/aromatic N) is 1. The van der Waals surface area contributed by atoms with Gasteiger partial charge < -0.3 is 9.32 Å². The summed E-state index contributed by atoms with van der Waals surface area (Å²) >= 11 is 0. The number of sulfonamides is 1. The molecule has 0 radical (unpaired) electrons. The maximum absolute atomic E-state index is 13.9. The van der Waals surface area contributed by atoms with Crippen molar-refractivity contribution < 1.29 is 22.0 Å². The predicted octanol–water partition coefficient (Wildman–Crippen LogP) is 2.95. The molecule has 1 unspecified atom stereocenters. The lowest BCUT2D eigenvalue weighted by Gasteiger charge is -2.35. The summed E-state index contributed by atoms with van der Waals surface area (Å²) in [6, 6.07) is 9.73. The first-order valence-corrected chi connectivity index (χ1v) is 11.3. The molecule has 1 aliphatic rings. The average Bonchev–Trinajstić information content (AvgIpc) is 3.13. The third-order valence-electron chi connectivity index (χ3n) is 4.91. The third-order valence-corrected chi connectivity index (χ3v) is 5.61. The maximum atomic E-state index is 13.9. The zero-order chi connectivity index (χ0) is 20.1. The Labute approximate surface area is 164 Å². The van der Waals surface area contributed by atoms with Gasteiger partial charge in [0.2, 0.25) is 15.9 Å². The highest BCUT2D eigenvalue weighted by Gasteiger charge is 2.27. The second-order valence-corrected chi connectivity index (χ2v) is 8.94. The minimum absolute atomic E-state index is 0.0242. The van der Waals surface area contributed by atoms with Gasteiger partial charge in [-0.05, 0) is 43.5 Å². The molecule has 8 heteroatoms. The Morgan fingerprint density at radius 3 is 2.79 bits per heavy atom. The number of carbonyl (C=O) groups excluding carboxylic acids is 1. The normalized spacial score (nSPS) is 17.6. The molecule has 2 aromatic rings. The lowest BCUT2D eigenvalue weighted by Crippen LogP contribution is -2.49. The van der Waals surface area contributed by atoms with Crippen LogP contribution in [-0.2, 0) is 21.2 Å². The van der Waals surface area contributed by atoms with Gasteiger partial charge in [-0.25, -0.2) is 17.5 Å². The number of halogens is 1. The van der Waals surface area contributed by atoms with E-state index in [1.165, 1.54) is 6.07 Å². The van der Waals surface area contributed by atoms with Gasteiger partial charge in [-0.2, -0.15) is 0 Å². The topological polar surface area (TPSA) is 79.6 Å². The third kappa shape index (κ3) is 5.42. The van der Waals surface area contributed by atoms with E-state index in [1.807, 2.05) is 0 Å². The molecule has 28 heavy (non-hydrogen) atoms. The number of benzene rings is 1. The second kappa shape index (κ2) is 8.87. The van der Waals surface area contributed by atoms with E-state index in [0.717, 1.165) is 25.5 Å². The molecule has 1 saturated heterocycles. The van der Waals surface area contributed by atoms with Crippen molar-refractivity contribution in [2.75, 3.05) is 19.3 Å². The largest absolute Gasteiger partial charge is 0.461 e. The fourth-order valence-corrected chi connectivity index (χ4v) is 3.98. The average molecular weight is 408 g/mol. The minimum Gasteiger partial charge on any atom is -0.461 e. The number of aryl methyl sites for hydroxylation is 1. The molecule has 1 amide bonds. The summed E-state index contributed by atoms with van der Waals surface area (Å²) in [7, 11) is -3.29. The molecule has 2 heterocycles. The van der Waals surface area contributed by atoms with Gasteiger partial charge in [-0.15, -0.1) is 0 Å². The fraction of sp³-hybridized carbons (Fsp3) is 0.450. The van der Waals surface area contributed by atoms with Gasteiger partial charge in [0.25, 0.3) is 0 Å². The zero-order valence-corrected chi connectivity index (χ0v) is 16.7. The van der Waals surface area contributed by atoms with Crippen LogP contribution in [0, 0.1) is 5.82 Å². The number of amides is 1. The summed E-state index contributed by atoms with van der Waals surface area (Å²) in [4.78, 5) is 14.5. The van der Waals surface area contributed by atoms with Crippen molar-refractivity contribution in [1.29, 1.82) is 0 Å². The molecule has 0 saturated carbocycles. The van der Waals surface area contributed by atoms with Crippen molar-refractivity contribution >= 4 is 15.9 Å². The summed E-state index contributed by atoms with van der Waals surface area (Å²) in [6.45, 7) is 0.871. The van der Waals surface area contributed by atoms with Crippen LogP contribution < -0.4 is 4.72 Å². The first kappa shape index (κ1) is 20.5. The standard InChI is InChI=1S/C20H25FN2O4S/c1-28(25,26)22-14-15-6-4-5-13-23(15)20(24)12-10-16-9-11-19(27-16)17-7-2-3-8-18(17)21/h2-3,7-9,11,15,22H,4-6,10,12-14H2,1H3. The monoisotopic (exact) mass is 408 g/mol. The highest BCUT2D eigenvalue weighted by molar-refractivity contribution is 7.88. The Morgan fingerprint density at radius 1 is 1.25 bits per heavy atom. The minimum atomic E-state index is -3.29. The van der Waals surface area contributed by atoms with Gasteiger partial charge in [-0.3, -0.25) is 4.79 Å². The molecule has 6 nitrogen and oxygen atoms in total. The van der Waals surface area contributed by atoms with Crippen LogP contribution in [-0.4, -0.2) is 44.6 Å². The first-order valence-electron chi connectivity index (χ1n) is 9.41. The van der Waals surface area contributed by atoms with Gasteiger partial charge in [0.05, 0.1) is 11.8 Å². The van der Waals surface area contributed by atoms with E-state index < -0.39 is 10.0 Å². The highest BCUT2D eigenvalue weighted by atomic mass is 32.2. The predicted molar refractivity (Wildman–Crippen MR) is 105 cm³/mol. The van der Waals surface area contributed by atoms with Crippen molar-refractivity contribution in [2.24, 2.45) is 0 Å². The zero-order valence-electron chi connectivity index (χ0n) is 15.9. The second-order valence-electron chi connectivity index (χ2n) is 7.10. The van der Waals surface area contributed by atoms with Crippen LogP contribution in [0.1, 0.15) is 31.4 Å². The lowest BCUT2D eigenvalue weighted by atomic mass is 10.0. The van der Waals surface area contributed by atoms with Gasteiger partial charge >= 0.3 is 0 Å². The maximum Gasteiger partial charge on any atom is 0.223 e. The quantitative estimate of drug-likeness (QED) is 0.764. The van der Waals surface area contributed by atoms with Crippen LogP contribution in [0.25, 0.3) is 11.3 Å². The number of nitrogens with one attached hydrogen (secondary N) is 1. The number of carbonyl (C=O) groups is 1. The van der Waals surface area contributed by atoms with Gasteiger partial charge in [0, 0.05) is 32.0 Å². The molecule has 1 N–H and O–H groups in total. The van der Waals surface area contributed by atoms with Crippen LogP contribution >= 0.6 is 0 Å². The SMILES string of the molecule is CS(=O)(=O)NCC1CCCCN1C(=O)CCc1ccc(-c2ccccc2F)o1.